The number of rotatable bonds is 11. The molecule has 0 aliphatic rings. The van der Waals surface area contributed by atoms with E-state index in [9.17, 15) is 24.0 Å². The van der Waals surface area contributed by atoms with Crippen LogP contribution in [0.25, 0.3) is 0 Å². The van der Waals surface area contributed by atoms with Crippen LogP contribution in [0.15, 0.2) is 31.6 Å². The van der Waals surface area contributed by atoms with Crippen LogP contribution in [0, 0.1) is 25.7 Å². The van der Waals surface area contributed by atoms with Crippen LogP contribution in [0.3, 0.4) is 0 Å². The fourth-order valence-electron chi connectivity index (χ4n) is 2.42. The number of nitrogens with one attached hydrogen (secondary N) is 2. The third-order valence-corrected chi connectivity index (χ3v) is 4.92. The molecule has 1 unspecified atom stereocenters. The molecule has 1 atom stereocenters. The number of carbonyl (C=O) groups is 1. The topological polar surface area (TPSA) is 175 Å². The number of hydrogen-bond acceptors (Lipinski definition) is 9. The van der Waals surface area contributed by atoms with Crippen LogP contribution in [-0.4, -0.2) is 56.6 Å². The molecule has 196 valence electrons. The van der Waals surface area contributed by atoms with E-state index < -0.39 is 22.5 Å². The van der Waals surface area contributed by atoms with Gasteiger partial charge in [0.2, 0.25) is 0 Å². The lowest BCUT2D eigenvalue weighted by atomic mass is 9.99. The summed E-state index contributed by atoms with van der Waals surface area (Å²) in [6.45, 7) is 9.31. The van der Waals surface area contributed by atoms with Crippen molar-refractivity contribution in [3.63, 3.8) is 0 Å². The molecule has 0 bridgehead atoms. The summed E-state index contributed by atoms with van der Waals surface area (Å²) >= 11 is 0. The first kappa shape index (κ1) is 29.7. The summed E-state index contributed by atoms with van der Waals surface area (Å²) in [5.41, 5.74) is -0.983. The molecule has 3 N–H and O–H groups in total. The number of aliphatic hydroxyl groups is 1. The van der Waals surface area contributed by atoms with Gasteiger partial charge in [0, 0.05) is 23.5 Å². The Kier molecular flexibility index (Phi) is 12.6. The number of ether oxygens (including phenoxy) is 3. The van der Waals surface area contributed by atoms with Gasteiger partial charge in [-0.15, -0.1) is 0 Å². The fraction of sp³-hybridized carbons (Fsp3) is 0.591. The SMILES string of the molecule is Cc1cn(COCCO)c(=O)[nH]c1=O.Cc1cn(COCCOC(=O)C(C)C(C)C)c(=O)[nH]c1=O. The Balaban J connectivity index is 0.000000379. The molecule has 0 aliphatic heterocycles. The first-order valence-electron chi connectivity index (χ1n) is 11.0. The van der Waals surface area contributed by atoms with Crippen molar-refractivity contribution in [3.05, 3.63) is 65.2 Å². The van der Waals surface area contributed by atoms with Crippen LogP contribution in [0.1, 0.15) is 31.9 Å². The Morgan fingerprint density at radius 1 is 0.857 bits per heavy atom. The number of aliphatic hydroxyl groups excluding tert-OH is 1. The van der Waals surface area contributed by atoms with Crippen LogP contribution in [-0.2, 0) is 32.5 Å². The van der Waals surface area contributed by atoms with Gasteiger partial charge in [-0.1, -0.05) is 20.8 Å². The van der Waals surface area contributed by atoms with E-state index >= 15 is 0 Å². The molecule has 2 heterocycles. The zero-order valence-corrected chi connectivity index (χ0v) is 20.7. The highest BCUT2D eigenvalue weighted by Gasteiger charge is 2.17. The Bertz CT molecular complexity index is 1180. The molecular weight excluding hydrogens is 464 g/mol. The van der Waals surface area contributed by atoms with Crippen molar-refractivity contribution in [2.24, 2.45) is 11.8 Å². The number of aromatic nitrogens is 4. The van der Waals surface area contributed by atoms with E-state index in [1.165, 1.54) is 21.5 Å². The molecule has 0 fully saturated rings. The second kappa shape index (κ2) is 14.9. The average molecular weight is 499 g/mol. The quantitative estimate of drug-likeness (QED) is 0.271. The van der Waals surface area contributed by atoms with E-state index in [1.54, 1.807) is 13.8 Å². The number of aryl methyl sites for hydroxylation is 2. The maximum atomic E-state index is 11.6. The molecule has 0 aliphatic carbocycles. The van der Waals surface area contributed by atoms with Gasteiger partial charge < -0.3 is 19.3 Å². The van der Waals surface area contributed by atoms with Crippen LogP contribution in [0.2, 0.25) is 0 Å². The van der Waals surface area contributed by atoms with Gasteiger partial charge in [-0.05, 0) is 19.8 Å². The summed E-state index contributed by atoms with van der Waals surface area (Å²) in [6, 6.07) is 0. The third-order valence-electron chi connectivity index (χ3n) is 4.92. The summed E-state index contributed by atoms with van der Waals surface area (Å²) in [4.78, 5) is 60.7. The molecule has 0 aromatic carbocycles. The summed E-state index contributed by atoms with van der Waals surface area (Å²) in [5, 5.41) is 8.44. The van der Waals surface area contributed by atoms with Gasteiger partial charge in [0.1, 0.15) is 20.1 Å². The number of aromatic amines is 2. The largest absolute Gasteiger partial charge is 0.463 e. The van der Waals surface area contributed by atoms with Crippen LogP contribution in [0.5, 0.6) is 0 Å². The highest BCUT2D eigenvalue weighted by molar-refractivity contribution is 5.72. The van der Waals surface area contributed by atoms with Crippen molar-refractivity contribution < 1.29 is 24.1 Å². The lowest BCUT2D eigenvalue weighted by Gasteiger charge is -2.14. The van der Waals surface area contributed by atoms with Crippen molar-refractivity contribution in [3.8, 4) is 0 Å². The van der Waals surface area contributed by atoms with E-state index in [2.05, 4.69) is 9.97 Å². The molecular formula is C22H34N4O9. The summed E-state index contributed by atoms with van der Waals surface area (Å²) in [6.07, 6.45) is 2.84. The smallest absolute Gasteiger partial charge is 0.330 e. The van der Waals surface area contributed by atoms with Gasteiger partial charge in [-0.25, -0.2) is 9.59 Å². The number of carbonyl (C=O) groups excluding carboxylic acids is 1. The molecule has 0 saturated carbocycles. The van der Waals surface area contributed by atoms with Crippen molar-refractivity contribution in [2.45, 2.75) is 48.1 Å². The monoisotopic (exact) mass is 498 g/mol. The van der Waals surface area contributed by atoms with E-state index in [4.69, 9.17) is 19.3 Å². The van der Waals surface area contributed by atoms with E-state index in [0.29, 0.717) is 11.1 Å². The number of H-pyrrole nitrogens is 2. The van der Waals surface area contributed by atoms with Gasteiger partial charge in [-0.2, -0.15) is 0 Å². The summed E-state index contributed by atoms with van der Waals surface area (Å²) in [7, 11) is 0. The molecule has 0 radical (unpaired) electrons. The predicted molar refractivity (Wildman–Crippen MR) is 126 cm³/mol. The lowest BCUT2D eigenvalue weighted by Crippen LogP contribution is -2.31. The maximum Gasteiger partial charge on any atom is 0.330 e. The average Bonchev–Trinajstić information content (AvgIpc) is 2.80. The normalized spacial score (nSPS) is 11.6. The lowest BCUT2D eigenvalue weighted by molar-refractivity contribution is -0.151. The van der Waals surface area contributed by atoms with Crippen molar-refractivity contribution in [1.29, 1.82) is 0 Å². The first-order chi connectivity index (χ1) is 16.5. The number of hydrogen-bond donors (Lipinski definition) is 3. The van der Waals surface area contributed by atoms with E-state index in [-0.39, 0.29) is 57.7 Å². The number of nitrogens with zero attached hydrogens (tertiary/aromatic N) is 2. The third kappa shape index (κ3) is 10.2. The van der Waals surface area contributed by atoms with Crippen molar-refractivity contribution in [2.75, 3.05) is 26.4 Å². The van der Waals surface area contributed by atoms with Crippen LogP contribution in [0.4, 0.5) is 0 Å². The molecule has 13 heteroatoms. The second-order valence-corrected chi connectivity index (χ2v) is 8.08. The van der Waals surface area contributed by atoms with E-state index in [1.807, 2.05) is 20.8 Å². The Morgan fingerprint density at radius 3 is 1.74 bits per heavy atom. The standard InChI is InChI=1S/C14H22N2O5.C8H12N2O4/c1-9(2)11(4)13(18)21-6-5-20-8-16-7-10(3)12(17)15-14(16)19;1-6-4-10(5-14-3-2-11)8(13)9-7(6)12/h7,9,11H,5-6,8H2,1-4H3,(H,15,17,19);4,11H,2-3,5H2,1H3,(H,9,12,13). The van der Waals surface area contributed by atoms with Gasteiger partial charge >= 0.3 is 17.3 Å². The second-order valence-electron chi connectivity index (χ2n) is 8.08. The van der Waals surface area contributed by atoms with Gasteiger partial charge in [0.05, 0.1) is 25.7 Å². The molecule has 0 spiro atoms. The summed E-state index contributed by atoms with van der Waals surface area (Å²) in [5.74, 6) is -0.193. The molecule has 2 rings (SSSR count). The predicted octanol–water partition coefficient (Wildman–Crippen LogP) is -0.534. The molecule has 0 amide bonds. The zero-order valence-electron chi connectivity index (χ0n) is 20.7. The molecule has 2 aromatic rings. The zero-order chi connectivity index (χ0) is 26.5. The van der Waals surface area contributed by atoms with Crippen LogP contribution >= 0.6 is 0 Å². The Hall–Kier alpha value is -3.29. The minimum atomic E-state index is -0.531. The Labute approximate surface area is 201 Å². The minimum Gasteiger partial charge on any atom is -0.463 e. The fourth-order valence-corrected chi connectivity index (χ4v) is 2.42. The molecule has 13 nitrogen and oxygen atoms in total. The molecule has 35 heavy (non-hydrogen) atoms. The van der Waals surface area contributed by atoms with Crippen molar-refractivity contribution >= 4 is 5.97 Å². The van der Waals surface area contributed by atoms with E-state index in [0.717, 1.165) is 0 Å². The van der Waals surface area contributed by atoms with Crippen molar-refractivity contribution in [1.82, 2.24) is 19.1 Å². The molecule has 0 saturated heterocycles. The molecule has 2 aromatic heterocycles. The minimum absolute atomic E-state index is 0.00621. The maximum absolute atomic E-state index is 11.6. The Morgan fingerprint density at radius 2 is 1.31 bits per heavy atom. The van der Waals surface area contributed by atoms with Gasteiger partial charge in [-0.3, -0.25) is 33.5 Å². The highest BCUT2D eigenvalue weighted by Crippen LogP contribution is 2.11. The highest BCUT2D eigenvalue weighted by atomic mass is 16.6. The number of esters is 1. The van der Waals surface area contributed by atoms with Gasteiger partial charge in [0.15, 0.2) is 0 Å². The first-order valence-corrected chi connectivity index (χ1v) is 11.0. The van der Waals surface area contributed by atoms with Gasteiger partial charge in [0.25, 0.3) is 11.1 Å². The summed E-state index contributed by atoms with van der Waals surface area (Å²) < 4.78 is 17.7. The van der Waals surface area contributed by atoms with Crippen LogP contribution < -0.4 is 22.5 Å².